The van der Waals surface area contributed by atoms with Crippen molar-refractivity contribution in [1.29, 1.82) is 0 Å². The fourth-order valence-corrected chi connectivity index (χ4v) is 3.64. The number of carbonyl (C=O) groups excluding carboxylic acids is 1. The molecular weight excluding hydrogens is 433 g/mol. The molecule has 7 nitrogen and oxygen atoms in total. The SMILES string of the molecule is CCC(=O)Nc1cc(F)cc(-c2ccnc(Nc3ccc(Cl)c(N4CCOCC4)c3)n2)c1. The number of carbonyl (C=O) groups is 1. The molecule has 0 saturated carbocycles. The van der Waals surface area contributed by atoms with Gasteiger partial charge >= 0.3 is 0 Å². The van der Waals surface area contributed by atoms with Gasteiger partial charge in [-0.15, -0.1) is 0 Å². The summed E-state index contributed by atoms with van der Waals surface area (Å²) < 4.78 is 19.6. The highest BCUT2D eigenvalue weighted by Gasteiger charge is 2.15. The number of rotatable bonds is 6. The van der Waals surface area contributed by atoms with Crippen molar-refractivity contribution in [3.05, 3.63) is 59.5 Å². The lowest BCUT2D eigenvalue weighted by molar-refractivity contribution is -0.115. The van der Waals surface area contributed by atoms with E-state index >= 15 is 0 Å². The molecule has 0 aliphatic carbocycles. The van der Waals surface area contributed by atoms with E-state index in [1.807, 2.05) is 18.2 Å². The summed E-state index contributed by atoms with van der Waals surface area (Å²) in [5.41, 5.74) is 3.14. The first-order valence-corrected chi connectivity index (χ1v) is 10.7. The minimum absolute atomic E-state index is 0.189. The van der Waals surface area contributed by atoms with Crippen LogP contribution in [0.2, 0.25) is 5.02 Å². The molecule has 1 aromatic heterocycles. The van der Waals surface area contributed by atoms with Gasteiger partial charge in [-0.2, -0.15) is 0 Å². The Bertz CT molecular complexity index is 1120. The Morgan fingerprint density at radius 3 is 2.75 bits per heavy atom. The van der Waals surface area contributed by atoms with Crippen molar-refractivity contribution in [3.63, 3.8) is 0 Å². The molecular formula is C23H23ClFN5O2. The molecule has 0 atom stereocenters. The molecule has 32 heavy (non-hydrogen) atoms. The monoisotopic (exact) mass is 455 g/mol. The Morgan fingerprint density at radius 2 is 1.97 bits per heavy atom. The Balaban J connectivity index is 1.57. The smallest absolute Gasteiger partial charge is 0.227 e. The second-order valence-corrected chi connectivity index (χ2v) is 7.69. The highest BCUT2D eigenvalue weighted by Crippen LogP contribution is 2.31. The third kappa shape index (κ3) is 5.33. The predicted octanol–water partition coefficient (Wildman–Crippen LogP) is 4.86. The van der Waals surface area contributed by atoms with E-state index in [0.29, 0.717) is 47.6 Å². The van der Waals surface area contributed by atoms with Crippen LogP contribution < -0.4 is 15.5 Å². The number of benzene rings is 2. The van der Waals surface area contributed by atoms with Crippen molar-refractivity contribution in [3.8, 4) is 11.3 Å². The third-order valence-corrected chi connectivity index (χ3v) is 5.33. The molecule has 166 valence electrons. The van der Waals surface area contributed by atoms with Crippen molar-refractivity contribution < 1.29 is 13.9 Å². The lowest BCUT2D eigenvalue weighted by atomic mass is 10.1. The highest BCUT2D eigenvalue weighted by molar-refractivity contribution is 6.33. The molecule has 2 aromatic carbocycles. The van der Waals surface area contributed by atoms with E-state index in [-0.39, 0.29) is 5.91 Å². The molecule has 3 aromatic rings. The zero-order valence-corrected chi connectivity index (χ0v) is 18.3. The van der Waals surface area contributed by atoms with Gasteiger partial charge in [0.1, 0.15) is 5.82 Å². The molecule has 2 N–H and O–H groups in total. The summed E-state index contributed by atoms with van der Waals surface area (Å²) in [5, 5.41) is 6.53. The van der Waals surface area contributed by atoms with E-state index in [0.717, 1.165) is 24.5 Å². The number of halogens is 2. The number of hydrogen-bond acceptors (Lipinski definition) is 6. The first-order chi connectivity index (χ1) is 15.5. The molecule has 1 amide bonds. The molecule has 0 unspecified atom stereocenters. The van der Waals surface area contributed by atoms with E-state index in [1.165, 1.54) is 12.1 Å². The van der Waals surface area contributed by atoms with Crippen LogP contribution in [-0.2, 0) is 9.53 Å². The maximum Gasteiger partial charge on any atom is 0.227 e. The molecule has 0 spiro atoms. The molecule has 1 aliphatic rings. The van der Waals surface area contributed by atoms with Crippen LogP contribution >= 0.6 is 11.6 Å². The molecule has 0 bridgehead atoms. The van der Waals surface area contributed by atoms with Crippen LogP contribution in [0.25, 0.3) is 11.3 Å². The molecule has 4 rings (SSSR count). The predicted molar refractivity (Wildman–Crippen MR) is 124 cm³/mol. The van der Waals surface area contributed by atoms with E-state index in [9.17, 15) is 9.18 Å². The zero-order valence-electron chi connectivity index (χ0n) is 17.6. The van der Waals surface area contributed by atoms with Crippen LogP contribution in [0.3, 0.4) is 0 Å². The van der Waals surface area contributed by atoms with Gasteiger partial charge in [0.05, 0.1) is 29.6 Å². The summed E-state index contributed by atoms with van der Waals surface area (Å²) in [6, 6.07) is 11.6. The number of morpholine rings is 1. The molecule has 9 heteroatoms. The topological polar surface area (TPSA) is 79.4 Å². The van der Waals surface area contributed by atoms with Gasteiger partial charge in [-0.05, 0) is 42.5 Å². The van der Waals surface area contributed by atoms with Crippen molar-refractivity contribution in [1.82, 2.24) is 9.97 Å². The maximum absolute atomic E-state index is 14.1. The summed E-state index contributed by atoms with van der Waals surface area (Å²) in [6.45, 7) is 4.59. The Labute approximate surface area is 190 Å². The number of amides is 1. The van der Waals surface area contributed by atoms with Gasteiger partial charge in [0, 0.05) is 42.6 Å². The van der Waals surface area contributed by atoms with Crippen molar-refractivity contribution in [2.75, 3.05) is 41.8 Å². The number of anilines is 4. The maximum atomic E-state index is 14.1. The van der Waals surface area contributed by atoms with E-state index in [1.54, 1.807) is 25.3 Å². The zero-order chi connectivity index (χ0) is 22.5. The van der Waals surface area contributed by atoms with Crippen LogP contribution in [0.5, 0.6) is 0 Å². The first kappa shape index (κ1) is 22.0. The van der Waals surface area contributed by atoms with Crippen molar-refractivity contribution in [2.45, 2.75) is 13.3 Å². The molecule has 0 radical (unpaired) electrons. The second kappa shape index (κ2) is 9.93. The third-order valence-electron chi connectivity index (χ3n) is 5.01. The van der Waals surface area contributed by atoms with Gasteiger partial charge < -0.3 is 20.3 Å². The quantitative estimate of drug-likeness (QED) is 0.552. The summed E-state index contributed by atoms with van der Waals surface area (Å²) in [6.07, 6.45) is 1.90. The number of nitrogens with one attached hydrogen (secondary N) is 2. The van der Waals surface area contributed by atoms with E-state index in [4.69, 9.17) is 16.3 Å². The van der Waals surface area contributed by atoms with Crippen LogP contribution in [0.4, 0.5) is 27.4 Å². The first-order valence-electron chi connectivity index (χ1n) is 10.3. The summed E-state index contributed by atoms with van der Waals surface area (Å²) >= 11 is 6.41. The average molecular weight is 456 g/mol. The van der Waals surface area contributed by atoms with Gasteiger partial charge in [0.2, 0.25) is 11.9 Å². The molecule has 1 aliphatic heterocycles. The number of nitrogens with zero attached hydrogens (tertiary/aromatic N) is 3. The van der Waals surface area contributed by atoms with Gasteiger partial charge in [-0.25, -0.2) is 14.4 Å². The number of hydrogen-bond donors (Lipinski definition) is 2. The Morgan fingerprint density at radius 1 is 1.16 bits per heavy atom. The van der Waals surface area contributed by atoms with Gasteiger partial charge in [-0.3, -0.25) is 4.79 Å². The number of aromatic nitrogens is 2. The fraction of sp³-hybridized carbons (Fsp3) is 0.261. The van der Waals surface area contributed by atoms with E-state index < -0.39 is 5.82 Å². The average Bonchev–Trinajstić information content (AvgIpc) is 2.80. The molecule has 1 saturated heterocycles. The summed E-state index contributed by atoms with van der Waals surface area (Å²) in [4.78, 5) is 22.6. The lowest BCUT2D eigenvalue weighted by Crippen LogP contribution is -2.36. The van der Waals surface area contributed by atoms with Crippen LogP contribution in [0, 0.1) is 5.82 Å². The fourth-order valence-electron chi connectivity index (χ4n) is 3.40. The van der Waals surface area contributed by atoms with Crippen LogP contribution in [-0.4, -0.2) is 42.2 Å². The molecule has 1 fully saturated rings. The normalized spacial score (nSPS) is 13.7. The largest absolute Gasteiger partial charge is 0.378 e. The summed E-state index contributed by atoms with van der Waals surface area (Å²) in [7, 11) is 0. The minimum atomic E-state index is -0.463. The Kier molecular flexibility index (Phi) is 6.82. The summed E-state index contributed by atoms with van der Waals surface area (Å²) in [5.74, 6) is -0.290. The lowest BCUT2D eigenvalue weighted by Gasteiger charge is -2.29. The van der Waals surface area contributed by atoms with Crippen LogP contribution in [0.1, 0.15) is 13.3 Å². The Hall–Kier alpha value is -3.23. The highest BCUT2D eigenvalue weighted by atomic mass is 35.5. The second-order valence-electron chi connectivity index (χ2n) is 7.29. The standard InChI is InChI=1S/C23H23ClFN5O2/c1-2-22(31)27-18-12-15(11-16(25)13-18)20-5-6-26-23(29-20)28-17-3-4-19(24)21(14-17)30-7-9-32-10-8-30/h3-6,11-14H,2,7-10H2,1H3,(H,27,31)(H,26,28,29). The minimum Gasteiger partial charge on any atom is -0.378 e. The molecule has 2 heterocycles. The van der Waals surface area contributed by atoms with Crippen molar-refractivity contribution in [2.24, 2.45) is 0 Å². The van der Waals surface area contributed by atoms with E-state index in [2.05, 4.69) is 25.5 Å². The van der Waals surface area contributed by atoms with Gasteiger partial charge in [-0.1, -0.05) is 18.5 Å². The van der Waals surface area contributed by atoms with Gasteiger partial charge in [0.15, 0.2) is 0 Å². The van der Waals surface area contributed by atoms with Gasteiger partial charge in [0.25, 0.3) is 0 Å². The van der Waals surface area contributed by atoms with Crippen LogP contribution in [0.15, 0.2) is 48.7 Å². The number of ether oxygens (including phenoxy) is 1. The van der Waals surface area contributed by atoms with Crippen molar-refractivity contribution >= 4 is 40.5 Å².